The van der Waals surface area contributed by atoms with Crippen molar-refractivity contribution in [3.05, 3.63) is 32.4 Å². The van der Waals surface area contributed by atoms with E-state index in [1.165, 1.54) is 18.3 Å². The number of aromatic nitrogens is 2. The van der Waals surface area contributed by atoms with Gasteiger partial charge in [0, 0.05) is 4.88 Å². The predicted molar refractivity (Wildman–Crippen MR) is 112 cm³/mol. The molecule has 11 heteroatoms. The first-order valence-corrected chi connectivity index (χ1v) is 11.2. The Labute approximate surface area is 186 Å². The summed E-state index contributed by atoms with van der Waals surface area (Å²) in [4.78, 5) is 26.4. The van der Waals surface area contributed by atoms with E-state index in [9.17, 15) is 22.8 Å². The van der Waals surface area contributed by atoms with E-state index in [1.54, 1.807) is 6.92 Å². The summed E-state index contributed by atoms with van der Waals surface area (Å²) in [6.07, 6.45) is -0.885. The van der Waals surface area contributed by atoms with Crippen molar-refractivity contribution in [1.82, 2.24) is 9.78 Å². The maximum atomic E-state index is 13.0. The van der Waals surface area contributed by atoms with Crippen LogP contribution in [0.25, 0.3) is 0 Å². The van der Waals surface area contributed by atoms with Crippen LogP contribution in [0.1, 0.15) is 65.3 Å². The Bertz CT molecular complexity index is 1000. The summed E-state index contributed by atoms with van der Waals surface area (Å²) in [5.41, 5.74) is 0.0342. The summed E-state index contributed by atoms with van der Waals surface area (Å²) < 4.78 is 45.5. The highest BCUT2D eigenvalue weighted by Gasteiger charge is 2.38. The number of anilines is 1. The number of esters is 1. The molecule has 3 rings (SSSR count). The average Bonchev–Trinajstić information content (AvgIpc) is 3.19. The molecule has 2 heterocycles. The maximum absolute atomic E-state index is 13.0. The van der Waals surface area contributed by atoms with E-state index >= 15 is 0 Å². The number of nitrogens with zero attached hydrogens (tertiary/aromatic N) is 2. The molecule has 0 radical (unpaired) electrons. The molecule has 1 unspecified atom stereocenters. The van der Waals surface area contributed by atoms with E-state index in [0.717, 1.165) is 40.8 Å². The average molecular weight is 478 g/mol. The minimum Gasteiger partial charge on any atom is -0.459 e. The fraction of sp³-hybridized carbons (Fsp3) is 0.550. The Morgan fingerprint density at radius 2 is 2.00 bits per heavy atom. The van der Waals surface area contributed by atoms with Crippen LogP contribution in [0.4, 0.5) is 18.2 Å². The van der Waals surface area contributed by atoms with E-state index in [2.05, 4.69) is 10.4 Å². The van der Waals surface area contributed by atoms with Crippen LogP contribution in [0.15, 0.2) is 0 Å². The summed E-state index contributed by atoms with van der Waals surface area (Å²) >= 11 is 7.06. The molecule has 0 saturated carbocycles. The lowest BCUT2D eigenvalue weighted by molar-refractivity contribution is -0.141. The second kappa shape index (κ2) is 9.20. The second-order valence-corrected chi connectivity index (χ2v) is 8.97. The molecule has 0 aliphatic heterocycles. The molecule has 0 fully saturated rings. The van der Waals surface area contributed by atoms with Crippen molar-refractivity contribution in [2.75, 3.05) is 5.32 Å². The SMILES string of the molecule is CCC(C)OC(=O)c1c(NC(=O)Cn2nc(C(F)(F)F)c(Cl)c2C)sc2c1CCCC2. The van der Waals surface area contributed by atoms with Crippen LogP contribution in [-0.4, -0.2) is 27.8 Å². The van der Waals surface area contributed by atoms with Gasteiger partial charge in [-0.3, -0.25) is 9.48 Å². The number of amides is 1. The molecule has 31 heavy (non-hydrogen) atoms. The van der Waals surface area contributed by atoms with Gasteiger partial charge < -0.3 is 10.1 Å². The van der Waals surface area contributed by atoms with Crippen molar-refractivity contribution in [3.63, 3.8) is 0 Å². The van der Waals surface area contributed by atoms with Gasteiger partial charge in [-0.15, -0.1) is 11.3 Å². The molecule has 170 valence electrons. The number of ether oxygens (including phenoxy) is 1. The van der Waals surface area contributed by atoms with Gasteiger partial charge in [0.05, 0.1) is 22.4 Å². The van der Waals surface area contributed by atoms with Crippen LogP contribution >= 0.6 is 22.9 Å². The number of halogens is 4. The fourth-order valence-corrected chi connectivity index (χ4v) is 4.89. The van der Waals surface area contributed by atoms with E-state index in [1.807, 2.05) is 6.92 Å². The number of nitrogens with one attached hydrogen (secondary N) is 1. The summed E-state index contributed by atoms with van der Waals surface area (Å²) in [5, 5.41) is 5.94. The van der Waals surface area contributed by atoms with Gasteiger partial charge in [0.1, 0.15) is 11.5 Å². The zero-order valence-corrected chi connectivity index (χ0v) is 18.9. The third kappa shape index (κ3) is 5.06. The van der Waals surface area contributed by atoms with Gasteiger partial charge in [-0.1, -0.05) is 18.5 Å². The highest BCUT2D eigenvalue weighted by atomic mass is 35.5. The minimum absolute atomic E-state index is 0.0334. The van der Waals surface area contributed by atoms with Crippen LogP contribution in [-0.2, 0) is 35.1 Å². The molecule has 1 aliphatic rings. The third-order valence-corrected chi connectivity index (χ3v) is 6.87. The number of hydrogen-bond acceptors (Lipinski definition) is 5. The number of rotatable bonds is 6. The van der Waals surface area contributed by atoms with E-state index in [4.69, 9.17) is 16.3 Å². The van der Waals surface area contributed by atoms with Crippen molar-refractivity contribution >= 4 is 39.8 Å². The first-order chi connectivity index (χ1) is 14.5. The number of carbonyl (C=O) groups excluding carboxylic acids is 2. The molecule has 1 N–H and O–H groups in total. The van der Waals surface area contributed by atoms with Crippen LogP contribution in [0.3, 0.4) is 0 Å². The standard InChI is InChI=1S/C20H23ClF3N3O3S/c1-4-10(2)30-19(29)15-12-7-5-6-8-13(12)31-18(15)25-14(28)9-27-11(3)16(21)17(26-27)20(22,23)24/h10H,4-9H2,1-3H3,(H,25,28). The van der Waals surface area contributed by atoms with Gasteiger partial charge in [0.25, 0.3) is 0 Å². The molecule has 1 aliphatic carbocycles. The van der Waals surface area contributed by atoms with E-state index in [0.29, 0.717) is 17.0 Å². The first-order valence-electron chi connectivity index (χ1n) is 9.98. The highest BCUT2D eigenvalue weighted by molar-refractivity contribution is 7.17. The summed E-state index contributed by atoms with van der Waals surface area (Å²) in [7, 11) is 0. The minimum atomic E-state index is -4.72. The van der Waals surface area contributed by atoms with Crippen molar-refractivity contribution in [3.8, 4) is 0 Å². The van der Waals surface area contributed by atoms with Gasteiger partial charge in [-0.25, -0.2) is 4.79 Å². The fourth-order valence-electron chi connectivity index (χ4n) is 3.36. The van der Waals surface area contributed by atoms with Crippen molar-refractivity contribution in [2.24, 2.45) is 0 Å². The van der Waals surface area contributed by atoms with E-state index < -0.39 is 35.3 Å². The molecule has 1 amide bonds. The van der Waals surface area contributed by atoms with Crippen LogP contribution in [0.2, 0.25) is 5.02 Å². The Balaban J connectivity index is 1.85. The van der Waals surface area contributed by atoms with Crippen molar-refractivity contribution < 1.29 is 27.5 Å². The summed E-state index contributed by atoms with van der Waals surface area (Å²) in [6, 6.07) is 0. The Morgan fingerprint density at radius 1 is 1.32 bits per heavy atom. The molecular weight excluding hydrogens is 455 g/mol. The highest BCUT2D eigenvalue weighted by Crippen LogP contribution is 2.39. The third-order valence-electron chi connectivity index (χ3n) is 5.21. The van der Waals surface area contributed by atoms with Gasteiger partial charge in [0.15, 0.2) is 5.69 Å². The molecule has 0 aromatic carbocycles. The molecular formula is C20H23ClF3N3O3S. The molecule has 2 aromatic heterocycles. The lowest BCUT2D eigenvalue weighted by atomic mass is 9.95. The van der Waals surface area contributed by atoms with Gasteiger partial charge in [-0.05, 0) is 51.5 Å². The van der Waals surface area contributed by atoms with Gasteiger partial charge in [0.2, 0.25) is 5.91 Å². The largest absolute Gasteiger partial charge is 0.459 e. The zero-order valence-electron chi connectivity index (χ0n) is 17.4. The normalized spacial score (nSPS) is 14.8. The quantitative estimate of drug-likeness (QED) is 0.565. The van der Waals surface area contributed by atoms with E-state index in [-0.39, 0.29) is 11.8 Å². The van der Waals surface area contributed by atoms with Crippen molar-refractivity contribution in [1.29, 1.82) is 0 Å². The lowest BCUT2D eigenvalue weighted by Crippen LogP contribution is -2.22. The van der Waals surface area contributed by atoms with Crippen LogP contribution < -0.4 is 5.32 Å². The maximum Gasteiger partial charge on any atom is 0.436 e. The Morgan fingerprint density at radius 3 is 2.61 bits per heavy atom. The summed E-state index contributed by atoms with van der Waals surface area (Å²) in [6.45, 7) is 4.58. The molecule has 0 bridgehead atoms. The zero-order chi connectivity index (χ0) is 22.9. The Hall–Kier alpha value is -2.07. The Kier molecular flexibility index (Phi) is 7.00. The summed E-state index contributed by atoms with van der Waals surface area (Å²) in [5.74, 6) is -1.10. The smallest absolute Gasteiger partial charge is 0.436 e. The predicted octanol–water partition coefficient (Wildman–Crippen LogP) is 5.40. The number of thiophene rings is 1. The van der Waals surface area contributed by atoms with Crippen molar-refractivity contribution in [2.45, 2.75) is 71.7 Å². The topological polar surface area (TPSA) is 73.2 Å². The monoisotopic (exact) mass is 477 g/mol. The number of hydrogen-bond donors (Lipinski definition) is 1. The first kappa shape index (κ1) is 23.6. The molecule has 0 saturated heterocycles. The lowest BCUT2D eigenvalue weighted by Gasteiger charge is -2.15. The van der Waals surface area contributed by atoms with Gasteiger partial charge >= 0.3 is 12.1 Å². The molecule has 6 nitrogen and oxygen atoms in total. The van der Waals surface area contributed by atoms with Crippen LogP contribution in [0.5, 0.6) is 0 Å². The molecule has 1 atom stereocenters. The molecule has 0 spiro atoms. The molecule has 2 aromatic rings. The number of carbonyl (C=O) groups is 2. The number of alkyl halides is 3. The number of aryl methyl sites for hydroxylation is 1. The van der Waals surface area contributed by atoms with Crippen LogP contribution in [0, 0.1) is 6.92 Å². The van der Waals surface area contributed by atoms with Gasteiger partial charge in [-0.2, -0.15) is 18.3 Å². The second-order valence-electron chi connectivity index (χ2n) is 7.49. The number of fused-ring (bicyclic) bond motifs is 1.